The van der Waals surface area contributed by atoms with Crippen LogP contribution in [0.4, 0.5) is 10.5 Å². The maximum atomic E-state index is 13.7. The Morgan fingerprint density at radius 1 is 0.930 bits per heavy atom. The van der Waals surface area contributed by atoms with Gasteiger partial charge in [0.2, 0.25) is 0 Å². The fourth-order valence-electron chi connectivity index (χ4n) is 5.44. The van der Waals surface area contributed by atoms with Crippen molar-refractivity contribution in [3.05, 3.63) is 119 Å². The third kappa shape index (κ3) is 5.85. The second-order valence-corrected chi connectivity index (χ2v) is 10.6. The Kier molecular flexibility index (Phi) is 7.66. The van der Waals surface area contributed by atoms with Crippen molar-refractivity contribution in [3.63, 3.8) is 0 Å². The molecule has 0 bridgehead atoms. The molecule has 8 heteroatoms. The van der Waals surface area contributed by atoms with Gasteiger partial charge in [0.25, 0.3) is 0 Å². The van der Waals surface area contributed by atoms with Crippen LogP contribution in [0.5, 0.6) is 0 Å². The van der Waals surface area contributed by atoms with Crippen molar-refractivity contribution in [2.24, 2.45) is 0 Å². The van der Waals surface area contributed by atoms with Crippen LogP contribution < -0.4 is 5.32 Å². The van der Waals surface area contributed by atoms with Crippen LogP contribution in [-0.4, -0.2) is 43.5 Å². The summed E-state index contributed by atoms with van der Waals surface area (Å²) in [5, 5.41) is 12.5. The summed E-state index contributed by atoms with van der Waals surface area (Å²) in [5.41, 5.74) is 9.20. The quantitative estimate of drug-likeness (QED) is 0.227. The molecule has 1 aliphatic rings. The second-order valence-electron chi connectivity index (χ2n) is 10.6. The third-order valence-electron chi connectivity index (χ3n) is 7.76. The highest BCUT2D eigenvalue weighted by Gasteiger charge is 2.27. The van der Waals surface area contributed by atoms with Gasteiger partial charge in [-0.2, -0.15) is 0 Å². The first-order valence-corrected chi connectivity index (χ1v) is 14.3. The Morgan fingerprint density at radius 3 is 2.53 bits per heavy atom. The van der Waals surface area contributed by atoms with E-state index >= 15 is 0 Å². The molecule has 2 amide bonds. The number of nitrogens with zero attached hydrogens (tertiary/aromatic N) is 4. The summed E-state index contributed by atoms with van der Waals surface area (Å²) >= 11 is 0. The molecule has 0 saturated heterocycles. The molecule has 43 heavy (non-hydrogen) atoms. The van der Waals surface area contributed by atoms with Gasteiger partial charge in [-0.15, -0.1) is 0 Å². The predicted molar refractivity (Wildman–Crippen MR) is 167 cm³/mol. The number of carboxylic acid groups (broad SMARTS) is 1. The van der Waals surface area contributed by atoms with Crippen LogP contribution in [0, 0.1) is 6.92 Å². The predicted octanol–water partition coefficient (Wildman–Crippen LogP) is 7.03. The highest BCUT2D eigenvalue weighted by molar-refractivity contribution is 5.92. The largest absolute Gasteiger partial charge is 0.478 e. The van der Waals surface area contributed by atoms with Crippen molar-refractivity contribution in [3.8, 4) is 33.8 Å². The van der Waals surface area contributed by atoms with Gasteiger partial charge in [0.1, 0.15) is 0 Å². The molecule has 3 heterocycles. The zero-order valence-corrected chi connectivity index (χ0v) is 24.0. The van der Waals surface area contributed by atoms with Gasteiger partial charge in [0, 0.05) is 47.7 Å². The zero-order valence-electron chi connectivity index (χ0n) is 24.0. The van der Waals surface area contributed by atoms with Gasteiger partial charge < -0.3 is 15.3 Å². The smallest absolute Gasteiger partial charge is 0.335 e. The van der Waals surface area contributed by atoms with Crippen molar-refractivity contribution >= 4 is 17.7 Å². The van der Waals surface area contributed by atoms with Gasteiger partial charge in [-0.25, -0.2) is 19.6 Å². The molecule has 214 valence electrons. The number of aryl methyl sites for hydroxylation is 2. The second kappa shape index (κ2) is 11.9. The average Bonchev–Trinajstić information content (AvgIpc) is 3.04. The number of amides is 2. The molecule has 0 saturated carbocycles. The molecule has 8 nitrogen and oxygen atoms in total. The van der Waals surface area contributed by atoms with Gasteiger partial charge in [0.15, 0.2) is 5.82 Å². The van der Waals surface area contributed by atoms with Crippen LogP contribution in [0.3, 0.4) is 0 Å². The highest BCUT2D eigenvalue weighted by atomic mass is 16.4. The van der Waals surface area contributed by atoms with Gasteiger partial charge in [0.05, 0.1) is 23.5 Å². The van der Waals surface area contributed by atoms with E-state index in [2.05, 4.69) is 29.4 Å². The van der Waals surface area contributed by atoms with Crippen LogP contribution in [0.2, 0.25) is 0 Å². The number of aromatic carboxylic acids is 1. The van der Waals surface area contributed by atoms with E-state index in [-0.39, 0.29) is 11.6 Å². The number of hydrogen-bond acceptors (Lipinski definition) is 5. The summed E-state index contributed by atoms with van der Waals surface area (Å²) in [4.78, 5) is 41.1. The molecule has 0 atom stereocenters. The maximum Gasteiger partial charge on any atom is 0.335 e. The number of urea groups is 1. The first-order chi connectivity index (χ1) is 20.9. The van der Waals surface area contributed by atoms with Gasteiger partial charge >= 0.3 is 12.0 Å². The summed E-state index contributed by atoms with van der Waals surface area (Å²) in [6.07, 6.45) is 4.86. The number of carbonyl (C=O) groups excluding carboxylic acids is 1. The van der Waals surface area contributed by atoms with Crippen LogP contribution in [0.15, 0.2) is 91.3 Å². The summed E-state index contributed by atoms with van der Waals surface area (Å²) < 4.78 is 0. The zero-order chi connectivity index (χ0) is 29.9. The van der Waals surface area contributed by atoms with E-state index in [1.54, 1.807) is 35.5 Å². The summed E-state index contributed by atoms with van der Waals surface area (Å²) in [7, 11) is 0. The molecule has 0 spiro atoms. The van der Waals surface area contributed by atoms with Gasteiger partial charge in [-0.3, -0.25) is 4.98 Å². The molecule has 2 aromatic heterocycles. The molecular weight excluding hydrogens is 538 g/mol. The van der Waals surface area contributed by atoms with Crippen LogP contribution in [-0.2, 0) is 19.4 Å². The summed E-state index contributed by atoms with van der Waals surface area (Å²) in [6, 6.07) is 24.4. The third-order valence-corrected chi connectivity index (χ3v) is 7.76. The van der Waals surface area contributed by atoms with Crippen molar-refractivity contribution in [2.75, 3.05) is 11.9 Å². The number of anilines is 1. The van der Waals surface area contributed by atoms with Crippen molar-refractivity contribution < 1.29 is 14.7 Å². The average molecular weight is 570 g/mol. The van der Waals surface area contributed by atoms with Crippen LogP contribution in [0.1, 0.15) is 39.7 Å². The Balaban J connectivity index is 1.31. The first kappa shape index (κ1) is 27.8. The molecule has 0 unspecified atom stereocenters. The van der Waals surface area contributed by atoms with Gasteiger partial charge in [-0.1, -0.05) is 49.4 Å². The van der Waals surface area contributed by atoms with Crippen LogP contribution in [0.25, 0.3) is 33.8 Å². The number of carboxylic acids is 1. The number of carbonyl (C=O) groups is 2. The number of nitrogens with one attached hydrogen (secondary N) is 1. The molecule has 0 radical (unpaired) electrons. The number of hydrogen-bond donors (Lipinski definition) is 2. The Hall–Kier alpha value is -5.37. The van der Waals surface area contributed by atoms with E-state index in [0.29, 0.717) is 31.0 Å². The maximum absolute atomic E-state index is 13.7. The van der Waals surface area contributed by atoms with Crippen molar-refractivity contribution in [2.45, 2.75) is 33.2 Å². The normalized spacial score (nSPS) is 12.5. The van der Waals surface area contributed by atoms with Crippen molar-refractivity contribution in [1.82, 2.24) is 19.9 Å². The Morgan fingerprint density at radius 2 is 1.77 bits per heavy atom. The fourth-order valence-corrected chi connectivity index (χ4v) is 5.44. The molecule has 0 fully saturated rings. The molecule has 0 aliphatic carbocycles. The number of aromatic nitrogens is 3. The van der Waals surface area contributed by atoms with Crippen molar-refractivity contribution in [1.29, 1.82) is 0 Å². The lowest BCUT2D eigenvalue weighted by Gasteiger charge is -2.30. The molecular formula is C35H31N5O3. The Labute approximate surface area is 250 Å². The summed E-state index contributed by atoms with van der Waals surface area (Å²) in [5.74, 6) is -0.354. The number of pyridine rings is 1. The first-order valence-electron chi connectivity index (χ1n) is 14.3. The fraction of sp³-hybridized carbons (Fsp3) is 0.171. The van der Waals surface area contributed by atoms with E-state index in [9.17, 15) is 14.7 Å². The summed E-state index contributed by atoms with van der Waals surface area (Å²) in [6.45, 7) is 4.99. The monoisotopic (exact) mass is 569 g/mol. The number of benzene rings is 3. The Bertz CT molecular complexity index is 1840. The van der Waals surface area contributed by atoms with Gasteiger partial charge in [-0.05, 0) is 72.0 Å². The molecule has 5 aromatic rings. The minimum Gasteiger partial charge on any atom is -0.478 e. The van der Waals surface area contributed by atoms with E-state index in [0.717, 1.165) is 56.8 Å². The lowest BCUT2D eigenvalue weighted by Crippen LogP contribution is -2.39. The van der Waals surface area contributed by atoms with E-state index in [4.69, 9.17) is 9.97 Å². The van der Waals surface area contributed by atoms with E-state index < -0.39 is 5.97 Å². The standard InChI is InChI=1S/C35H31N5O3/c1-3-23-16-27(24-9-6-10-25(18-24)34(41)42)19-28(17-23)37-35(43)40-15-13-31-30(21-40)32(29-12-5-4-8-22(29)2)39-33(38-31)26-11-7-14-36-20-26/h4-12,14,16-20H,3,13,15,21H2,1-2H3,(H,37,43)(H,41,42). The minimum atomic E-state index is -0.978. The lowest BCUT2D eigenvalue weighted by atomic mass is 9.96. The molecule has 1 aliphatic heterocycles. The minimum absolute atomic E-state index is 0.212. The molecule has 2 N–H and O–H groups in total. The number of fused-ring (bicyclic) bond motifs is 1. The lowest BCUT2D eigenvalue weighted by molar-refractivity contribution is 0.0697. The van der Waals surface area contributed by atoms with Crippen LogP contribution >= 0.6 is 0 Å². The van der Waals surface area contributed by atoms with E-state index in [1.165, 1.54) is 0 Å². The molecule has 3 aromatic carbocycles. The SMILES string of the molecule is CCc1cc(NC(=O)N2CCc3nc(-c4cccnc4)nc(-c4ccccc4C)c3C2)cc(-c2cccc(C(=O)O)c2)c1. The number of rotatable bonds is 6. The topological polar surface area (TPSA) is 108 Å². The highest BCUT2D eigenvalue weighted by Crippen LogP contribution is 2.33. The molecule has 6 rings (SSSR count). The van der Waals surface area contributed by atoms with E-state index in [1.807, 2.05) is 55.5 Å².